The Balaban J connectivity index is 1.62. The van der Waals surface area contributed by atoms with Crippen LogP contribution in [-0.4, -0.2) is 26.8 Å². The predicted molar refractivity (Wildman–Crippen MR) is 102 cm³/mol. The van der Waals surface area contributed by atoms with Crippen molar-refractivity contribution in [3.8, 4) is 17.2 Å². The summed E-state index contributed by atoms with van der Waals surface area (Å²) in [6.07, 6.45) is 0. The van der Waals surface area contributed by atoms with Crippen molar-refractivity contribution in [3.05, 3.63) is 59.7 Å². The molecule has 1 N–H and O–H groups in total. The molecule has 0 unspecified atom stereocenters. The number of hydrogen-bond donors (Lipinski definition) is 1. The van der Waals surface area contributed by atoms with Crippen LogP contribution in [0.2, 0.25) is 0 Å². The molecule has 0 spiro atoms. The lowest BCUT2D eigenvalue weighted by Gasteiger charge is -2.18. The van der Waals surface area contributed by atoms with Gasteiger partial charge in [0.2, 0.25) is 5.89 Å². The number of ketones is 1. The van der Waals surface area contributed by atoms with Gasteiger partial charge in [-0.3, -0.25) is 4.79 Å². The fraction of sp³-hybridized carbons (Fsp3) is 0.250. The summed E-state index contributed by atoms with van der Waals surface area (Å²) in [5.74, 6) is 0.770. The van der Waals surface area contributed by atoms with Crippen molar-refractivity contribution in [2.75, 3.05) is 5.75 Å². The van der Waals surface area contributed by atoms with Gasteiger partial charge in [0.05, 0.1) is 5.75 Å². The Morgan fingerprint density at radius 1 is 1.04 bits per heavy atom. The van der Waals surface area contributed by atoms with E-state index in [2.05, 4.69) is 31.0 Å². The maximum Gasteiger partial charge on any atom is 0.277 e. The van der Waals surface area contributed by atoms with E-state index in [-0.39, 0.29) is 22.7 Å². The van der Waals surface area contributed by atoms with Crippen molar-refractivity contribution in [3.63, 3.8) is 0 Å². The van der Waals surface area contributed by atoms with Crippen LogP contribution in [0.4, 0.5) is 0 Å². The van der Waals surface area contributed by atoms with Crippen LogP contribution in [0.1, 0.15) is 36.7 Å². The van der Waals surface area contributed by atoms with Crippen molar-refractivity contribution < 1.29 is 14.3 Å². The molecule has 0 bridgehead atoms. The summed E-state index contributed by atoms with van der Waals surface area (Å²) in [5, 5.41) is 17.6. The number of phenolic OH excluding ortho intramolecular Hbond substituents is 1. The van der Waals surface area contributed by atoms with Crippen LogP contribution in [0.25, 0.3) is 11.5 Å². The summed E-state index contributed by atoms with van der Waals surface area (Å²) in [6.45, 7) is 6.42. The summed E-state index contributed by atoms with van der Waals surface area (Å²) < 4.78 is 5.57. The number of aromatic nitrogens is 2. The number of Topliss-reactive ketones (excluding diaryl/α,β-unsaturated/α-hetero) is 1. The van der Waals surface area contributed by atoms with Crippen molar-refractivity contribution in [2.24, 2.45) is 0 Å². The largest absolute Gasteiger partial charge is 0.508 e. The highest BCUT2D eigenvalue weighted by Crippen LogP contribution is 2.26. The van der Waals surface area contributed by atoms with E-state index in [1.165, 1.54) is 17.3 Å². The maximum absolute atomic E-state index is 12.4. The molecule has 0 saturated heterocycles. The van der Waals surface area contributed by atoms with E-state index < -0.39 is 0 Å². The number of benzene rings is 2. The first-order valence-electron chi connectivity index (χ1n) is 8.22. The van der Waals surface area contributed by atoms with Crippen LogP contribution >= 0.6 is 11.8 Å². The smallest absolute Gasteiger partial charge is 0.277 e. The zero-order valence-electron chi connectivity index (χ0n) is 14.9. The van der Waals surface area contributed by atoms with Crippen LogP contribution in [0, 0.1) is 0 Å². The van der Waals surface area contributed by atoms with Crippen molar-refractivity contribution in [2.45, 2.75) is 31.4 Å². The van der Waals surface area contributed by atoms with Crippen LogP contribution in [-0.2, 0) is 5.41 Å². The molecular formula is C20H20N2O3S. The second kappa shape index (κ2) is 7.33. The molecule has 134 valence electrons. The Bertz CT molecular complexity index is 894. The molecule has 26 heavy (non-hydrogen) atoms. The molecule has 0 atom stereocenters. The van der Waals surface area contributed by atoms with E-state index in [9.17, 15) is 9.90 Å². The van der Waals surface area contributed by atoms with Gasteiger partial charge in [-0.1, -0.05) is 56.8 Å². The summed E-state index contributed by atoms with van der Waals surface area (Å²) in [6, 6.07) is 14.2. The van der Waals surface area contributed by atoms with E-state index in [0.29, 0.717) is 22.2 Å². The number of nitrogens with zero attached hydrogens (tertiary/aromatic N) is 2. The lowest BCUT2D eigenvalue weighted by molar-refractivity contribution is 0.102. The molecule has 0 aliphatic carbocycles. The van der Waals surface area contributed by atoms with E-state index in [0.717, 1.165) is 0 Å². The quantitative estimate of drug-likeness (QED) is 0.519. The highest BCUT2D eigenvalue weighted by atomic mass is 32.2. The van der Waals surface area contributed by atoms with E-state index >= 15 is 0 Å². The Morgan fingerprint density at radius 2 is 1.69 bits per heavy atom. The van der Waals surface area contributed by atoms with Gasteiger partial charge in [0.25, 0.3) is 5.22 Å². The number of hydrogen-bond acceptors (Lipinski definition) is 6. The fourth-order valence-corrected chi connectivity index (χ4v) is 3.01. The van der Waals surface area contributed by atoms with Crippen LogP contribution in [0.3, 0.4) is 0 Å². The zero-order valence-corrected chi connectivity index (χ0v) is 15.7. The standard InChI is InChI=1S/C20H20N2O3S/c1-20(2,3)15-8-4-13(5-9-15)17(24)12-26-19-22-21-18(25-19)14-6-10-16(23)11-7-14/h4-11,23H,12H2,1-3H3. The third-order valence-corrected chi connectivity index (χ3v) is 4.74. The summed E-state index contributed by atoms with van der Waals surface area (Å²) >= 11 is 1.21. The SMILES string of the molecule is CC(C)(C)c1ccc(C(=O)CSc2nnc(-c3ccc(O)cc3)o2)cc1. The monoisotopic (exact) mass is 368 g/mol. The minimum Gasteiger partial charge on any atom is -0.508 e. The van der Waals surface area contributed by atoms with E-state index in [1.807, 2.05) is 24.3 Å². The molecule has 0 radical (unpaired) electrons. The average molecular weight is 368 g/mol. The number of thioether (sulfide) groups is 1. The molecule has 1 heterocycles. The molecule has 0 amide bonds. The number of aromatic hydroxyl groups is 1. The molecule has 0 aliphatic rings. The van der Waals surface area contributed by atoms with E-state index in [4.69, 9.17) is 4.42 Å². The van der Waals surface area contributed by atoms with Gasteiger partial charge in [-0.15, -0.1) is 10.2 Å². The van der Waals surface area contributed by atoms with Gasteiger partial charge in [0.1, 0.15) is 5.75 Å². The molecule has 6 heteroatoms. The first kappa shape index (κ1) is 18.2. The zero-order chi connectivity index (χ0) is 18.7. The number of carbonyl (C=O) groups is 1. The van der Waals surface area contributed by atoms with Gasteiger partial charge in [-0.25, -0.2) is 0 Å². The average Bonchev–Trinajstić information content (AvgIpc) is 3.08. The van der Waals surface area contributed by atoms with Gasteiger partial charge in [-0.2, -0.15) is 0 Å². The predicted octanol–water partition coefficient (Wildman–Crippen LogP) is 4.71. The highest BCUT2D eigenvalue weighted by molar-refractivity contribution is 7.99. The first-order valence-corrected chi connectivity index (χ1v) is 9.21. The molecule has 5 nitrogen and oxygen atoms in total. The van der Waals surface area contributed by atoms with Gasteiger partial charge in [0.15, 0.2) is 5.78 Å². The number of phenols is 1. The molecule has 3 rings (SSSR count). The summed E-state index contributed by atoms with van der Waals surface area (Å²) in [4.78, 5) is 12.4. The second-order valence-corrected chi connectivity index (χ2v) is 7.89. The summed E-state index contributed by atoms with van der Waals surface area (Å²) in [5.41, 5.74) is 2.64. The Kier molecular flexibility index (Phi) is 5.13. The maximum atomic E-state index is 12.4. The first-order chi connectivity index (χ1) is 12.3. The third-order valence-electron chi connectivity index (χ3n) is 3.92. The molecule has 3 aromatic rings. The molecular weight excluding hydrogens is 348 g/mol. The molecule has 0 aliphatic heterocycles. The normalized spacial score (nSPS) is 11.5. The number of rotatable bonds is 5. The van der Waals surface area contributed by atoms with Crippen molar-refractivity contribution >= 4 is 17.5 Å². The third kappa shape index (κ3) is 4.32. The van der Waals surface area contributed by atoms with Crippen LogP contribution in [0.15, 0.2) is 58.2 Å². The molecule has 0 fully saturated rings. The Labute approximate surface area is 156 Å². The minimum absolute atomic E-state index is 0.0137. The van der Waals surface area contributed by atoms with E-state index in [1.54, 1.807) is 24.3 Å². The summed E-state index contributed by atoms with van der Waals surface area (Å²) in [7, 11) is 0. The minimum atomic E-state index is 0.0137. The van der Waals surface area contributed by atoms with Crippen molar-refractivity contribution in [1.29, 1.82) is 0 Å². The van der Waals surface area contributed by atoms with Gasteiger partial charge < -0.3 is 9.52 Å². The molecule has 1 aromatic heterocycles. The van der Waals surface area contributed by atoms with Gasteiger partial charge in [-0.05, 0) is 35.2 Å². The lowest BCUT2D eigenvalue weighted by atomic mass is 9.86. The second-order valence-electron chi connectivity index (χ2n) is 6.96. The van der Waals surface area contributed by atoms with Gasteiger partial charge >= 0.3 is 0 Å². The van der Waals surface area contributed by atoms with Crippen molar-refractivity contribution in [1.82, 2.24) is 10.2 Å². The molecule has 2 aromatic carbocycles. The van der Waals surface area contributed by atoms with Crippen LogP contribution in [0.5, 0.6) is 5.75 Å². The Hall–Kier alpha value is -2.60. The van der Waals surface area contributed by atoms with Gasteiger partial charge in [0, 0.05) is 11.1 Å². The number of carbonyl (C=O) groups excluding carboxylic acids is 1. The molecule has 0 saturated carbocycles. The van der Waals surface area contributed by atoms with Crippen LogP contribution < -0.4 is 0 Å². The fourth-order valence-electron chi connectivity index (χ4n) is 2.36. The highest BCUT2D eigenvalue weighted by Gasteiger charge is 2.15. The Morgan fingerprint density at radius 3 is 2.31 bits per heavy atom. The lowest BCUT2D eigenvalue weighted by Crippen LogP contribution is -2.11. The topological polar surface area (TPSA) is 76.2 Å².